The molecule has 0 aliphatic carbocycles. The molecule has 1 heterocycles. The number of amides is 1. The Labute approximate surface area is 127 Å². The SMILES string of the molecule is CCc1cc(C(=O)Nc2cc(C)ccc2Cl)cc(Cl)n1. The minimum absolute atomic E-state index is 0.253. The van der Waals surface area contributed by atoms with E-state index in [1.165, 1.54) is 0 Å². The third kappa shape index (κ3) is 3.50. The van der Waals surface area contributed by atoms with Gasteiger partial charge in [-0.15, -0.1) is 0 Å². The van der Waals surface area contributed by atoms with Crippen molar-refractivity contribution in [3.05, 3.63) is 57.3 Å². The van der Waals surface area contributed by atoms with Crippen LogP contribution in [0.15, 0.2) is 30.3 Å². The second-order valence-corrected chi connectivity index (χ2v) is 5.26. The highest BCUT2D eigenvalue weighted by Gasteiger charge is 2.11. The molecule has 0 atom stereocenters. The number of nitrogens with one attached hydrogen (secondary N) is 1. The van der Waals surface area contributed by atoms with Crippen molar-refractivity contribution in [3.8, 4) is 0 Å². The number of carbonyl (C=O) groups excluding carboxylic acids is 1. The lowest BCUT2D eigenvalue weighted by Gasteiger charge is -2.09. The van der Waals surface area contributed by atoms with Gasteiger partial charge in [-0.3, -0.25) is 4.79 Å². The number of nitrogens with zero attached hydrogens (tertiary/aromatic N) is 1. The number of aryl methyl sites for hydroxylation is 2. The number of carbonyl (C=O) groups is 1. The number of benzene rings is 1. The fraction of sp³-hybridized carbons (Fsp3) is 0.200. The summed E-state index contributed by atoms with van der Waals surface area (Å²) in [7, 11) is 0. The zero-order chi connectivity index (χ0) is 14.7. The molecule has 20 heavy (non-hydrogen) atoms. The van der Waals surface area contributed by atoms with E-state index in [1.807, 2.05) is 26.0 Å². The van der Waals surface area contributed by atoms with Gasteiger partial charge in [0.2, 0.25) is 0 Å². The van der Waals surface area contributed by atoms with E-state index in [1.54, 1.807) is 18.2 Å². The number of aromatic nitrogens is 1. The lowest BCUT2D eigenvalue weighted by Crippen LogP contribution is -2.13. The summed E-state index contributed by atoms with van der Waals surface area (Å²) >= 11 is 12.0. The van der Waals surface area contributed by atoms with Crippen LogP contribution in [0, 0.1) is 6.92 Å². The van der Waals surface area contributed by atoms with Crippen molar-refractivity contribution in [2.45, 2.75) is 20.3 Å². The molecule has 0 saturated carbocycles. The molecule has 0 unspecified atom stereocenters. The van der Waals surface area contributed by atoms with Crippen molar-refractivity contribution in [3.63, 3.8) is 0 Å². The van der Waals surface area contributed by atoms with Crippen LogP contribution in [0.1, 0.15) is 28.5 Å². The Morgan fingerprint density at radius 3 is 2.70 bits per heavy atom. The van der Waals surface area contributed by atoms with E-state index >= 15 is 0 Å². The van der Waals surface area contributed by atoms with Gasteiger partial charge in [-0.1, -0.05) is 36.2 Å². The molecular formula is C15H14Cl2N2O. The van der Waals surface area contributed by atoms with E-state index in [0.29, 0.717) is 27.8 Å². The molecule has 0 spiro atoms. The second-order valence-electron chi connectivity index (χ2n) is 4.46. The molecule has 1 aromatic carbocycles. The van der Waals surface area contributed by atoms with Gasteiger partial charge in [0.25, 0.3) is 5.91 Å². The summed E-state index contributed by atoms with van der Waals surface area (Å²) in [6, 6.07) is 8.73. The standard InChI is InChI=1S/C15H14Cl2N2O/c1-3-11-7-10(8-14(17)18-11)15(20)19-13-6-9(2)4-5-12(13)16/h4-8H,3H2,1-2H3,(H,19,20). The molecule has 1 N–H and O–H groups in total. The number of hydrogen-bond donors (Lipinski definition) is 1. The third-order valence-electron chi connectivity index (χ3n) is 2.84. The third-order valence-corrected chi connectivity index (χ3v) is 3.36. The van der Waals surface area contributed by atoms with Crippen LogP contribution in [0.25, 0.3) is 0 Å². The molecule has 1 amide bonds. The van der Waals surface area contributed by atoms with E-state index in [0.717, 1.165) is 11.3 Å². The Bertz CT molecular complexity index is 656. The molecule has 0 aliphatic heterocycles. The Balaban J connectivity index is 2.28. The highest BCUT2D eigenvalue weighted by molar-refractivity contribution is 6.34. The summed E-state index contributed by atoms with van der Waals surface area (Å²) < 4.78 is 0. The Hall–Kier alpha value is -1.58. The second kappa shape index (κ2) is 6.25. The van der Waals surface area contributed by atoms with E-state index in [-0.39, 0.29) is 5.91 Å². The first-order chi connectivity index (χ1) is 9.49. The van der Waals surface area contributed by atoms with Crippen LogP contribution in [0.4, 0.5) is 5.69 Å². The highest BCUT2D eigenvalue weighted by atomic mass is 35.5. The van der Waals surface area contributed by atoms with Crippen molar-refractivity contribution >= 4 is 34.8 Å². The molecular weight excluding hydrogens is 295 g/mol. The van der Waals surface area contributed by atoms with Gasteiger partial charge >= 0.3 is 0 Å². The van der Waals surface area contributed by atoms with Crippen LogP contribution >= 0.6 is 23.2 Å². The van der Waals surface area contributed by atoms with Crippen LogP contribution in [0.5, 0.6) is 0 Å². The zero-order valence-electron chi connectivity index (χ0n) is 11.2. The van der Waals surface area contributed by atoms with Gasteiger partial charge in [0, 0.05) is 11.3 Å². The summed E-state index contributed by atoms with van der Waals surface area (Å²) in [5, 5.41) is 3.60. The average molecular weight is 309 g/mol. The Morgan fingerprint density at radius 2 is 2.00 bits per heavy atom. The molecule has 2 rings (SSSR count). The molecule has 0 aliphatic rings. The maximum atomic E-state index is 12.2. The van der Waals surface area contributed by atoms with Crippen LogP contribution in [0.3, 0.4) is 0 Å². The largest absolute Gasteiger partial charge is 0.321 e. The van der Waals surface area contributed by atoms with Gasteiger partial charge in [0.05, 0.1) is 10.7 Å². The summed E-state index contributed by atoms with van der Waals surface area (Å²) in [5.74, 6) is -0.253. The molecule has 0 saturated heterocycles. The lowest BCUT2D eigenvalue weighted by atomic mass is 10.1. The average Bonchev–Trinajstić information content (AvgIpc) is 2.42. The fourth-order valence-corrected chi connectivity index (χ4v) is 2.18. The summed E-state index contributed by atoms with van der Waals surface area (Å²) in [6.45, 7) is 3.89. The van der Waals surface area contributed by atoms with E-state index in [2.05, 4.69) is 10.3 Å². The zero-order valence-corrected chi connectivity index (χ0v) is 12.7. The first-order valence-electron chi connectivity index (χ1n) is 6.23. The van der Waals surface area contributed by atoms with E-state index in [9.17, 15) is 4.79 Å². The van der Waals surface area contributed by atoms with Gasteiger partial charge in [-0.2, -0.15) is 0 Å². The van der Waals surface area contributed by atoms with Crippen molar-refractivity contribution < 1.29 is 4.79 Å². The minimum Gasteiger partial charge on any atom is -0.321 e. The van der Waals surface area contributed by atoms with Crippen LogP contribution in [0.2, 0.25) is 10.2 Å². The maximum Gasteiger partial charge on any atom is 0.255 e. The molecule has 1 aromatic heterocycles. The molecule has 0 fully saturated rings. The quantitative estimate of drug-likeness (QED) is 0.848. The predicted octanol–water partition coefficient (Wildman–Crippen LogP) is 4.51. The van der Waals surface area contributed by atoms with Crippen molar-refractivity contribution in [1.29, 1.82) is 0 Å². The number of rotatable bonds is 3. The normalized spacial score (nSPS) is 10.4. The molecule has 2 aromatic rings. The highest BCUT2D eigenvalue weighted by Crippen LogP contribution is 2.23. The number of halogens is 2. The molecule has 5 heteroatoms. The first kappa shape index (κ1) is 14.8. The number of pyridine rings is 1. The summed E-state index contributed by atoms with van der Waals surface area (Å²) in [5.41, 5.74) is 2.85. The van der Waals surface area contributed by atoms with Gasteiger partial charge < -0.3 is 5.32 Å². The monoisotopic (exact) mass is 308 g/mol. The van der Waals surface area contributed by atoms with Crippen molar-refractivity contribution in [2.75, 3.05) is 5.32 Å². The first-order valence-corrected chi connectivity index (χ1v) is 6.99. The van der Waals surface area contributed by atoms with Crippen molar-refractivity contribution in [2.24, 2.45) is 0 Å². The topological polar surface area (TPSA) is 42.0 Å². The summed E-state index contributed by atoms with van der Waals surface area (Å²) in [4.78, 5) is 16.4. The van der Waals surface area contributed by atoms with E-state index < -0.39 is 0 Å². The number of hydrogen-bond acceptors (Lipinski definition) is 2. The smallest absolute Gasteiger partial charge is 0.255 e. The Kier molecular flexibility index (Phi) is 4.63. The van der Waals surface area contributed by atoms with Crippen LogP contribution in [-0.2, 0) is 6.42 Å². The van der Waals surface area contributed by atoms with Crippen LogP contribution in [-0.4, -0.2) is 10.9 Å². The minimum atomic E-state index is -0.253. The lowest BCUT2D eigenvalue weighted by molar-refractivity contribution is 0.102. The Morgan fingerprint density at radius 1 is 1.25 bits per heavy atom. The summed E-state index contributed by atoms with van der Waals surface area (Å²) in [6.07, 6.45) is 0.714. The molecule has 3 nitrogen and oxygen atoms in total. The molecule has 0 bridgehead atoms. The van der Waals surface area contributed by atoms with Gasteiger partial charge in [0.1, 0.15) is 5.15 Å². The molecule has 0 radical (unpaired) electrons. The predicted molar refractivity (Wildman–Crippen MR) is 82.8 cm³/mol. The van der Waals surface area contributed by atoms with Gasteiger partial charge in [0.15, 0.2) is 0 Å². The van der Waals surface area contributed by atoms with Gasteiger partial charge in [-0.05, 0) is 43.2 Å². The maximum absolute atomic E-state index is 12.2. The number of anilines is 1. The van der Waals surface area contributed by atoms with E-state index in [4.69, 9.17) is 23.2 Å². The van der Waals surface area contributed by atoms with Gasteiger partial charge in [-0.25, -0.2) is 4.98 Å². The van der Waals surface area contributed by atoms with Crippen LogP contribution < -0.4 is 5.32 Å². The fourth-order valence-electron chi connectivity index (χ4n) is 1.79. The molecule has 104 valence electrons. The van der Waals surface area contributed by atoms with Crippen molar-refractivity contribution in [1.82, 2.24) is 4.98 Å².